The third-order valence-corrected chi connectivity index (χ3v) is 2.50. The van der Waals surface area contributed by atoms with Gasteiger partial charge >= 0.3 is 0 Å². The molecule has 0 radical (unpaired) electrons. The molecular formula is C8H14O2. The van der Waals surface area contributed by atoms with Gasteiger partial charge in [-0.05, 0) is 32.1 Å². The Morgan fingerprint density at radius 3 is 2.70 bits per heavy atom. The summed E-state index contributed by atoms with van der Waals surface area (Å²) >= 11 is 0. The highest BCUT2D eigenvalue weighted by Crippen LogP contribution is 2.33. The molecule has 1 saturated heterocycles. The first kappa shape index (κ1) is 6.62. The van der Waals surface area contributed by atoms with Gasteiger partial charge in [-0.3, -0.25) is 0 Å². The molecule has 10 heavy (non-hydrogen) atoms. The fraction of sp³-hybridized carbons (Fsp3) is 1.00. The van der Waals surface area contributed by atoms with Gasteiger partial charge in [0.25, 0.3) is 0 Å². The van der Waals surface area contributed by atoms with Gasteiger partial charge < -0.3 is 9.84 Å². The summed E-state index contributed by atoms with van der Waals surface area (Å²) in [5, 5.41) is 9.29. The molecular weight excluding hydrogens is 128 g/mol. The Morgan fingerprint density at radius 1 is 1.00 bits per heavy atom. The maximum atomic E-state index is 9.29. The van der Waals surface area contributed by atoms with Crippen molar-refractivity contribution in [2.24, 2.45) is 0 Å². The standard InChI is InChI=1S/C8H14O2/c9-6-2-1-3-7-8(10-7)5-4-6/h6-9H,1-5H2/t6-,7-,8-/m1/s1. The number of hydrogen-bond acceptors (Lipinski definition) is 2. The van der Waals surface area contributed by atoms with Gasteiger partial charge in [-0.25, -0.2) is 0 Å². The Kier molecular flexibility index (Phi) is 1.66. The van der Waals surface area contributed by atoms with Crippen molar-refractivity contribution in [3.63, 3.8) is 0 Å². The number of aliphatic hydroxyl groups excluding tert-OH is 1. The lowest BCUT2D eigenvalue weighted by Crippen LogP contribution is -2.11. The summed E-state index contributed by atoms with van der Waals surface area (Å²) in [6, 6.07) is 0. The van der Waals surface area contributed by atoms with E-state index in [0.29, 0.717) is 12.2 Å². The molecule has 0 spiro atoms. The molecule has 1 heterocycles. The van der Waals surface area contributed by atoms with Crippen LogP contribution in [0.3, 0.4) is 0 Å². The Hall–Kier alpha value is -0.0800. The molecule has 58 valence electrons. The molecule has 2 nitrogen and oxygen atoms in total. The maximum Gasteiger partial charge on any atom is 0.0842 e. The van der Waals surface area contributed by atoms with Crippen molar-refractivity contribution in [1.29, 1.82) is 0 Å². The van der Waals surface area contributed by atoms with E-state index in [1.807, 2.05) is 0 Å². The molecule has 0 amide bonds. The summed E-state index contributed by atoms with van der Waals surface area (Å²) in [6.45, 7) is 0. The summed E-state index contributed by atoms with van der Waals surface area (Å²) in [6.07, 6.45) is 6.33. The van der Waals surface area contributed by atoms with E-state index in [9.17, 15) is 5.11 Å². The quantitative estimate of drug-likeness (QED) is 0.513. The van der Waals surface area contributed by atoms with Gasteiger partial charge in [-0.2, -0.15) is 0 Å². The average molecular weight is 142 g/mol. The second kappa shape index (κ2) is 2.51. The topological polar surface area (TPSA) is 32.8 Å². The molecule has 1 saturated carbocycles. The van der Waals surface area contributed by atoms with E-state index in [-0.39, 0.29) is 6.10 Å². The fourth-order valence-electron chi connectivity index (χ4n) is 1.74. The van der Waals surface area contributed by atoms with E-state index in [1.165, 1.54) is 6.42 Å². The summed E-state index contributed by atoms with van der Waals surface area (Å²) in [5.74, 6) is 0. The van der Waals surface area contributed by atoms with E-state index in [0.717, 1.165) is 25.7 Å². The van der Waals surface area contributed by atoms with Crippen molar-refractivity contribution in [3.05, 3.63) is 0 Å². The molecule has 0 aromatic carbocycles. The smallest absolute Gasteiger partial charge is 0.0842 e. The molecule has 0 unspecified atom stereocenters. The van der Waals surface area contributed by atoms with Gasteiger partial charge in [0.2, 0.25) is 0 Å². The van der Waals surface area contributed by atoms with Gasteiger partial charge in [0, 0.05) is 0 Å². The molecule has 1 aliphatic heterocycles. The number of hydrogen-bond donors (Lipinski definition) is 1. The molecule has 0 aromatic rings. The van der Waals surface area contributed by atoms with Crippen molar-refractivity contribution in [2.45, 2.75) is 50.4 Å². The SMILES string of the molecule is O[C@@H]1CCC[C@H]2O[C@@H]2CC1. The Bertz CT molecular complexity index is 122. The minimum atomic E-state index is -0.0508. The normalized spacial score (nSPS) is 47.1. The third kappa shape index (κ3) is 1.32. The first-order chi connectivity index (χ1) is 4.86. The van der Waals surface area contributed by atoms with Crippen LogP contribution in [0, 0.1) is 0 Å². The van der Waals surface area contributed by atoms with Gasteiger partial charge in [0.05, 0.1) is 18.3 Å². The maximum absolute atomic E-state index is 9.29. The molecule has 0 aromatic heterocycles. The van der Waals surface area contributed by atoms with E-state index < -0.39 is 0 Å². The number of fused-ring (bicyclic) bond motifs is 1. The van der Waals surface area contributed by atoms with Crippen LogP contribution in [0.1, 0.15) is 32.1 Å². The number of rotatable bonds is 0. The molecule has 1 N–H and O–H groups in total. The van der Waals surface area contributed by atoms with Gasteiger partial charge in [-0.1, -0.05) is 0 Å². The first-order valence-corrected chi connectivity index (χ1v) is 4.20. The van der Waals surface area contributed by atoms with E-state index in [4.69, 9.17) is 4.74 Å². The Balaban J connectivity index is 1.83. The van der Waals surface area contributed by atoms with Crippen molar-refractivity contribution < 1.29 is 9.84 Å². The van der Waals surface area contributed by atoms with E-state index in [2.05, 4.69) is 0 Å². The van der Waals surface area contributed by atoms with Crippen molar-refractivity contribution >= 4 is 0 Å². The lowest BCUT2D eigenvalue weighted by atomic mass is 9.99. The van der Waals surface area contributed by atoms with Gasteiger partial charge in [0.15, 0.2) is 0 Å². The highest BCUT2D eigenvalue weighted by Gasteiger charge is 2.38. The second-order valence-corrected chi connectivity index (χ2v) is 3.38. The molecule has 1 aliphatic carbocycles. The zero-order valence-corrected chi connectivity index (χ0v) is 6.12. The first-order valence-electron chi connectivity index (χ1n) is 4.20. The lowest BCUT2D eigenvalue weighted by Gasteiger charge is -2.10. The van der Waals surface area contributed by atoms with Crippen LogP contribution in [-0.4, -0.2) is 23.4 Å². The van der Waals surface area contributed by atoms with E-state index in [1.54, 1.807) is 0 Å². The molecule has 2 fully saturated rings. The minimum absolute atomic E-state index is 0.0508. The predicted octanol–water partition coefficient (Wildman–Crippen LogP) is 1.08. The van der Waals surface area contributed by atoms with Crippen LogP contribution in [0.5, 0.6) is 0 Å². The average Bonchev–Trinajstić information content (AvgIpc) is 2.59. The van der Waals surface area contributed by atoms with E-state index >= 15 is 0 Å². The van der Waals surface area contributed by atoms with Gasteiger partial charge in [0.1, 0.15) is 0 Å². The number of ether oxygens (including phenoxy) is 1. The van der Waals surface area contributed by atoms with Crippen LogP contribution < -0.4 is 0 Å². The summed E-state index contributed by atoms with van der Waals surface area (Å²) in [5.41, 5.74) is 0. The minimum Gasteiger partial charge on any atom is -0.393 e. The summed E-state index contributed by atoms with van der Waals surface area (Å²) < 4.78 is 5.38. The number of epoxide rings is 1. The Morgan fingerprint density at radius 2 is 1.80 bits per heavy atom. The van der Waals surface area contributed by atoms with Crippen LogP contribution in [0.2, 0.25) is 0 Å². The molecule has 3 atom stereocenters. The van der Waals surface area contributed by atoms with Crippen molar-refractivity contribution in [3.8, 4) is 0 Å². The monoisotopic (exact) mass is 142 g/mol. The zero-order valence-electron chi connectivity index (χ0n) is 6.12. The molecule has 2 aliphatic rings. The predicted molar refractivity (Wildman–Crippen MR) is 37.8 cm³/mol. The van der Waals surface area contributed by atoms with Crippen LogP contribution in [-0.2, 0) is 4.74 Å². The van der Waals surface area contributed by atoms with Crippen molar-refractivity contribution in [1.82, 2.24) is 0 Å². The number of aliphatic hydroxyl groups is 1. The fourth-order valence-corrected chi connectivity index (χ4v) is 1.74. The second-order valence-electron chi connectivity index (χ2n) is 3.38. The Labute approximate surface area is 61.2 Å². The van der Waals surface area contributed by atoms with Crippen LogP contribution in [0.25, 0.3) is 0 Å². The van der Waals surface area contributed by atoms with Gasteiger partial charge in [-0.15, -0.1) is 0 Å². The highest BCUT2D eigenvalue weighted by molar-refractivity contribution is 4.87. The summed E-state index contributed by atoms with van der Waals surface area (Å²) in [7, 11) is 0. The zero-order chi connectivity index (χ0) is 6.97. The van der Waals surface area contributed by atoms with Crippen LogP contribution >= 0.6 is 0 Å². The largest absolute Gasteiger partial charge is 0.393 e. The molecule has 2 heteroatoms. The van der Waals surface area contributed by atoms with Crippen molar-refractivity contribution in [2.75, 3.05) is 0 Å². The summed E-state index contributed by atoms with van der Waals surface area (Å²) in [4.78, 5) is 0. The molecule has 2 rings (SSSR count). The highest BCUT2D eigenvalue weighted by atomic mass is 16.6. The third-order valence-electron chi connectivity index (χ3n) is 2.50. The van der Waals surface area contributed by atoms with Crippen LogP contribution in [0.15, 0.2) is 0 Å². The lowest BCUT2D eigenvalue weighted by molar-refractivity contribution is 0.144. The molecule has 0 bridgehead atoms. The van der Waals surface area contributed by atoms with Crippen LogP contribution in [0.4, 0.5) is 0 Å².